The molecule has 0 bridgehead atoms. The second-order valence-electron chi connectivity index (χ2n) is 7.35. The largest absolute Gasteiger partial charge is 0.339 e. The number of benzene rings is 2. The Morgan fingerprint density at radius 2 is 1.79 bits per heavy atom. The number of hydrogen-bond acceptors (Lipinski definition) is 4. The van der Waals surface area contributed by atoms with Crippen molar-refractivity contribution in [3.8, 4) is 11.3 Å². The van der Waals surface area contributed by atoms with E-state index in [9.17, 15) is 4.79 Å². The van der Waals surface area contributed by atoms with Crippen LogP contribution < -0.4 is 0 Å². The first-order chi connectivity index (χ1) is 14.2. The van der Waals surface area contributed by atoms with Gasteiger partial charge in [-0.1, -0.05) is 23.7 Å². The van der Waals surface area contributed by atoms with E-state index in [2.05, 4.69) is 9.97 Å². The molecule has 6 heteroatoms. The van der Waals surface area contributed by atoms with E-state index >= 15 is 0 Å². The van der Waals surface area contributed by atoms with E-state index in [1.807, 2.05) is 47.4 Å². The van der Waals surface area contributed by atoms with Crippen molar-refractivity contribution in [1.82, 2.24) is 19.9 Å². The fraction of sp³-hybridized carbons (Fsp3) is 0.217. The number of carbonyl (C=O) groups excluding carboxylic acids is 1. The van der Waals surface area contributed by atoms with Gasteiger partial charge in [-0.2, -0.15) is 0 Å². The van der Waals surface area contributed by atoms with Gasteiger partial charge in [0.25, 0.3) is 5.91 Å². The fourth-order valence-corrected chi connectivity index (χ4v) is 4.09. The molecular weight excluding hydrogens is 384 g/mol. The molecule has 0 N–H and O–H groups in total. The number of likely N-dealkylation sites (tertiary alicyclic amines) is 1. The number of amides is 1. The van der Waals surface area contributed by atoms with E-state index in [1.165, 1.54) is 6.42 Å². The van der Waals surface area contributed by atoms with Crippen molar-refractivity contribution in [2.45, 2.75) is 19.3 Å². The molecule has 1 aliphatic rings. The molecule has 5 nitrogen and oxygen atoms in total. The maximum Gasteiger partial charge on any atom is 0.253 e. The van der Waals surface area contributed by atoms with Gasteiger partial charge in [-0.15, -0.1) is 0 Å². The fourth-order valence-electron chi connectivity index (χ4n) is 3.86. The van der Waals surface area contributed by atoms with Crippen LogP contribution in [0.2, 0.25) is 5.15 Å². The van der Waals surface area contributed by atoms with Crippen LogP contribution in [0.25, 0.3) is 33.1 Å². The second-order valence-corrected chi connectivity index (χ2v) is 7.71. The topological polar surface area (TPSA) is 59.0 Å². The van der Waals surface area contributed by atoms with Gasteiger partial charge in [0.15, 0.2) is 0 Å². The molecule has 3 heterocycles. The number of pyridine rings is 1. The molecular formula is C23H19ClN4O. The van der Waals surface area contributed by atoms with E-state index in [0.717, 1.165) is 59.0 Å². The lowest BCUT2D eigenvalue weighted by Gasteiger charge is -2.26. The van der Waals surface area contributed by atoms with Gasteiger partial charge in [0.05, 0.1) is 22.9 Å². The van der Waals surface area contributed by atoms with Crippen molar-refractivity contribution >= 4 is 39.3 Å². The summed E-state index contributed by atoms with van der Waals surface area (Å²) < 4.78 is 0. The molecule has 1 aliphatic heterocycles. The van der Waals surface area contributed by atoms with Crippen molar-refractivity contribution < 1.29 is 4.79 Å². The lowest BCUT2D eigenvalue weighted by Crippen LogP contribution is -2.35. The zero-order valence-electron chi connectivity index (χ0n) is 15.8. The third-order valence-electron chi connectivity index (χ3n) is 5.44. The predicted molar refractivity (Wildman–Crippen MR) is 115 cm³/mol. The van der Waals surface area contributed by atoms with Crippen LogP contribution in [-0.4, -0.2) is 38.8 Å². The van der Waals surface area contributed by atoms with Crippen LogP contribution in [0.3, 0.4) is 0 Å². The van der Waals surface area contributed by atoms with Crippen LogP contribution in [0.15, 0.2) is 54.9 Å². The van der Waals surface area contributed by atoms with Crippen LogP contribution in [0.5, 0.6) is 0 Å². The Morgan fingerprint density at radius 1 is 0.931 bits per heavy atom. The number of carbonyl (C=O) groups is 1. The van der Waals surface area contributed by atoms with Crippen LogP contribution in [0, 0.1) is 0 Å². The highest BCUT2D eigenvalue weighted by molar-refractivity contribution is 6.34. The summed E-state index contributed by atoms with van der Waals surface area (Å²) in [6.45, 7) is 1.66. The molecule has 0 aliphatic carbocycles. The van der Waals surface area contributed by atoms with Gasteiger partial charge >= 0.3 is 0 Å². The van der Waals surface area contributed by atoms with E-state index in [4.69, 9.17) is 16.6 Å². The predicted octanol–water partition coefficient (Wildman–Crippen LogP) is 5.12. The third kappa shape index (κ3) is 3.42. The number of nitrogens with zero attached hydrogens (tertiary/aromatic N) is 4. The number of rotatable bonds is 2. The van der Waals surface area contributed by atoms with E-state index < -0.39 is 0 Å². The molecule has 0 atom stereocenters. The summed E-state index contributed by atoms with van der Waals surface area (Å²) >= 11 is 6.17. The number of fused-ring (bicyclic) bond motifs is 2. The van der Waals surface area contributed by atoms with Crippen LogP contribution in [0.4, 0.5) is 0 Å². The minimum Gasteiger partial charge on any atom is -0.339 e. The second kappa shape index (κ2) is 7.41. The highest BCUT2D eigenvalue weighted by atomic mass is 35.5. The Labute approximate surface area is 173 Å². The zero-order valence-corrected chi connectivity index (χ0v) is 16.6. The molecule has 0 saturated carbocycles. The summed E-state index contributed by atoms with van der Waals surface area (Å²) in [5.41, 5.74) is 3.87. The first kappa shape index (κ1) is 18.0. The van der Waals surface area contributed by atoms with E-state index in [1.54, 1.807) is 12.4 Å². The van der Waals surface area contributed by atoms with Crippen molar-refractivity contribution in [3.63, 3.8) is 0 Å². The van der Waals surface area contributed by atoms with Gasteiger partial charge in [0, 0.05) is 35.8 Å². The lowest BCUT2D eigenvalue weighted by molar-refractivity contribution is 0.0724. The molecule has 2 aromatic carbocycles. The average molecular weight is 403 g/mol. The van der Waals surface area contributed by atoms with E-state index in [-0.39, 0.29) is 5.91 Å². The molecule has 144 valence electrons. The Kier molecular flexibility index (Phi) is 4.60. The van der Waals surface area contributed by atoms with Crippen molar-refractivity contribution in [2.75, 3.05) is 13.1 Å². The SMILES string of the molecule is O=C(c1ccc2ncc(-c3ccc4c(Cl)nccc4c3)nc2c1)N1CCCCC1. The van der Waals surface area contributed by atoms with Gasteiger partial charge < -0.3 is 4.90 Å². The smallest absolute Gasteiger partial charge is 0.253 e. The molecule has 1 amide bonds. The first-order valence-electron chi connectivity index (χ1n) is 9.80. The van der Waals surface area contributed by atoms with Crippen LogP contribution in [-0.2, 0) is 0 Å². The van der Waals surface area contributed by atoms with Crippen molar-refractivity contribution in [3.05, 3.63) is 65.6 Å². The van der Waals surface area contributed by atoms with E-state index in [0.29, 0.717) is 10.7 Å². The molecule has 0 spiro atoms. The van der Waals surface area contributed by atoms with Gasteiger partial charge in [-0.25, -0.2) is 9.97 Å². The summed E-state index contributed by atoms with van der Waals surface area (Å²) in [4.78, 5) is 28.2. The molecule has 0 radical (unpaired) electrons. The Hall–Kier alpha value is -3.05. The Morgan fingerprint density at radius 3 is 2.66 bits per heavy atom. The number of hydrogen-bond donors (Lipinski definition) is 0. The lowest BCUT2D eigenvalue weighted by atomic mass is 10.1. The van der Waals surface area contributed by atoms with Crippen molar-refractivity contribution in [2.24, 2.45) is 0 Å². The van der Waals surface area contributed by atoms with Crippen LogP contribution >= 0.6 is 11.6 Å². The normalized spacial score (nSPS) is 14.4. The zero-order chi connectivity index (χ0) is 19.8. The van der Waals surface area contributed by atoms with Gasteiger partial charge in [0.1, 0.15) is 5.15 Å². The van der Waals surface area contributed by atoms with Crippen LogP contribution in [0.1, 0.15) is 29.6 Å². The summed E-state index contributed by atoms with van der Waals surface area (Å²) in [6.07, 6.45) is 6.80. The van der Waals surface area contributed by atoms with Crippen molar-refractivity contribution in [1.29, 1.82) is 0 Å². The van der Waals surface area contributed by atoms with Gasteiger partial charge in [-0.05, 0) is 55.0 Å². The molecule has 1 saturated heterocycles. The molecule has 29 heavy (non-hydrogen) atoms. The summed E-state index contributed by atoms with van der Waals surface area (Å²) in [7, 11) is 0. The Bertz CT molecular complexity index is 1230. The van der Waals surface area contributed by atoms with Gasteiger partial charge in [-0.3, -0.25) is 9.78 Å². The maximum absolute atomic E-state index is 12.8. The highest BCUT2D eigenvalue weighted by Crippen LogP contribution is 2.27. The summed E-state index contributed by atoms with van der Waals surface area (Å²) in [5, 5.41) is 2.39. The number of halogens is 1. The van der Waals surface area contributed by atoms with Gasteiger partial charge in [0.2, 0.25) is 0 Å². The molecule has 2 aromatic heterocycles. The molecule has 0 unspecified atom stereocenters. The molecule has 1 fully saturated rings. The quantitative estimate of drug-likeness (QED) is 0.436. The summed E-state index contributed by atoms with van der Waals surface area (Å²) in [5.74, 6) is 0.0756. The highest BCUT2D eigenvalue weighted by Gasteiger charge is 2.18. The standard InChI is InChI=1S/C23H19ClN4O/c24-22-18-6-4-16(12-15(18)8-9-25-22)21-14-26-19-7-5-17(13-20(19)27-21)23(29)28-10-2-1-3-11-28/h4-9,12-14H,1-3,10-11H2. The number of piperidine rings is 1. The monoisotopic (exact) mass is 402 g/mol. The first-order valence-corrected chi connectivity index (χ1v) is 10.2. The minimum absolute atomic E-state index is 0.0756. The Balaban J connectivity index is 1.53. The average Bonchev–Trinajstić information content (AvgIpc) is 2.78. The molecule has 5 rings (SSSR count). The minimum atomic E-state index is 0.0756. The maximum atomic E-state index is 12.8. The molecule has 4 aromatic rings. The number of aromatic nitrogens is 3. The third-order valence-corrected chi connectivity index (χ3v) is 5.75. The summed E-state index contributed by atoms with van der Waals surface area (Å²) in [6, 6.07) is 13.4.